The molecule has 2 amide bonds. The fraction of sp³-hybridized carbons (Fsp3) is 0.429. The Morgan fingerprint density at radius 2 is 2.00 bits per heavy atom. The van der Waals surface area contributed by atoms with E-state index in [1.165, 1.54) is 25.3 Å². The Balaban J connectivity index is 2.07. The second-order valence-electron chi connectivity index (χ2n) is 4.80. The zero-order valence-corrected chi connectivity index (χ0v) is 11.3. The van der Waals surface area contributed by atoms with Crippen LogP contribution < -0.4 is 15.4 Å². The Morgan fingerprint density at radius 3 is 2.60 bits per heavy atom. The molecule has 2 rings (SSSR count). The van der Waals surface area contributed by atoms with Crippen molar-refractivity contribution in [3.05, 3.63) is 23.8 Å². The molecule has 0 aromatic heterocycles. The number of carboxylic acid groups (broad SMARTS) is 1. The summed E-state index contributed by atoms with van der Waals surface area (Å²) < 4.78 is 5.12. The quantitative estimate of drug-likeness (QED) is 0.789. The molecule has 1 saturated carbocycles. The molecule has 0 atom stereocenters. The first-order valence-electron chi connectivity index (χ1n) is 6.59. The topological polar surface area (TPSA) is 87.7 Å². The van der Waals surface area contributed by atoms with Gasteiger partial charge in [0.05, 0.1) is 18.4 Å². The third-order valence-electron chi connectivity index (χ3n) is 3.39. The van der Waals surface area contributed by atoms with Gasteiger partial charge in [0.1, 0.15) is 5.75 Å². The minimum atomic E-state index is -1.05. The van der Waals surface area contributed by atoms with Crippen molar-refractivity contribution in [3.63, 3.8) is 0 Å². The van der Waals surface area contributed by atoms with E-state index < -0.39 is 5.97 Å². The molecule has 1 aliphatic carbocycles. The first-order valence-corrected chi connectivity index (χ1v) is 6.59. The first kappa shape index (κ1) is 14.2. The zero-order valence-electron chi connectivity index (χ0n) is 11.3. The van der Waals surface area contributed by atoms with Crippen LogP contribution in [0.25, 0.3) is 0 Å². The van der Waals surface area contributed by atoms with Gasteiger partial charge in [-0.3, -0.25) is 0 Å². The van der Waals surface area contributed by atoms with Gasteiger partial charge >= 0.3 is 12.0 Å². The minimum absolute atomic E-state index is 0.0990. The van der Waals surface area contributed by atoms with Crippen molar-refractivity contribution in [2.24, 2.45) is 0 Å². The molecule has 0 spiro atoms. The number of anilines is 1. The Hall–Kier alpha value is -2.24. The van der Waals surface area contributed by atoms with Crippen LogP contribution in [0.5, 0.6) is 5.75 Å². The molecular weight excluding hydrogens is 260 g/mol. The number of benzene rings is 1. The normalized spacial score (nSPS) is 14.8. The summed E-state index contributed by atoms with van der Waals surface area (Å²) >= 11 is 0. The van der Waals surface area contributed by atoms with Gasteiger partial charge in [0.2, 0.25) is 0 Å². The van der Waals surface area contributed by atoms with E-state index in [-0.39, 0.29) is 17.6 Å². The number of carbonyl (C=O) groups excluding carboxylic acids is 1. The fourth-order valence-corrected chi connectivity index (χ4v) is 2.35. The summed E-state index contributed by atoms with van der Waals surface area (Å²) in [7, 11) is 1.47. The van der Waals surface area contributed by atoms with Gasteiger partial charge in [-0.25, -0.2) is 9.59 Å². The maximum absolute atomic E-state index is 11.9. The monoisotopic (exact) mass is 278 g/mol. The van der Waals surface area contributed by atoms with E-state index in [0.29, 0.717) is 11.4 Å². The minimum Gasteiger partial charge on any atom is -0.495 e. The van der Waals surface area contributed by atoms with E-state index in [2.05, 4.69) is 10.6 Å². The van der Waals surface area contributed by atoms with Crippen molar-refractivity contribution in [2.75, 3.05) is 12.4 Å². The van der Waals surface area contributed by atoms with Crippen molar-refractivity contribution in [2.45, 2.75) is 31.7 Å². The van der Waals surface area contributed by atoms with Crippen LogP contribution in [0, 0.1) is 0 Å². The van der Waals surface area contributed by atoms with Gasteiger partial charge in [-0.05, 0) is 31.0 Å². The molecule has 0 saturated heterocycles. The van der Waals surface area contributed by atoms with Crippen molar-refractivity contribution in [3.8, 4) is 5.75 Å². The lowest BCUT2D eigenvalue weighted by molar-refractivity contribution is 0.0697. The highest BCUT2D eigenvalue weighted by molar-refractivity contribution is 5.94. The van der Waals surface area contributed by atoms with Gasteiger partial charge in [-0.15, -0.1) is 0 Å². The zero-order chi connectivity index (χ0) is 14.5. The van der Waals surface area contributed by atoms with E-state index in [1.54, 1.807) is 0 Å². The Labute approximate surface area is 117 Å². The highest BCUT2D eigenvalue weighted by atomic mass is 16.5. The molecule has 0 bridgehead atoms. The maximum Gasteiger partial charge on any atom is 0.335 e. The van der Waals surface area contributed by atoms with Crippen LogP contribution in [0.2, 0.25) is 0 Å². The Kier molecular flexibility index (Phi) is 4.45. The molecule has 108 valence electrons. The summed E-state index contributed by atoms with van der Waals surface area (Å²) in [5, 5.41) is 14.5. The Bertz CT molecular complexity index is 510. The van der Waals surface area contributed by atoms with E-state index in [9.17, 15) is 9.59 Å². The molecular formula is C14H18N2O4. The van der Waals surface area contributed by atoms with Crippen molar-refractivity contribution in [1.82, 2.24) is 5.32 Å². The number of urea groups is 1. The number of carbonyl (C=O) groups is 2. The average molecular weight is 278 g/mol. The molecule has 0 unspecified atom stereocenters. The summed E-state index contributed by atoms with van der Waals surface area (Å²) in [6, 6.07) is 4.20. The van der Waals surface area contributed by atoms with E-state index in [0.717, 1.165) is 25.7 Å². The molecule has 1 aromatic rings. The van der Waals surface area contributed by atoms with Gasteiger partial charge in [-0.2, -0.15) is 0 Å². The maximum atomic E-state index is 11.9. The highest BCUT2D eigenvalue weighted by Crippen LogP contribution is 2.26. The van der Waals surface area contributed by atoms with Gasteiger partial charge in [0.15, 0.2) is 0 Å². The van der Waals surface area contributed by atoms with Crippen LogP contribution >= 0.6 is 0 Å². The lowest BCUT2D eigenvalue weighted by atomic mass is 10.2. The van der Waals surface area contributed by atoms with Crippen molar-refractivity contribution >= 4 is 17.7 Å². The van der Waals surface area contributed by atoms with Gasteiger partial charge in [0, 0.05) is 6.04 Å². The summed E-state index contributed by atoms with van der Waals surface area (Å²) in [5.41, 5.74) is 0.449. The van der Waals surface area contributed by atoms with Crippen LogP contribution in [0.3, 0.4) is 0 Å². The molecule has 0 radical (unpaired) electrons. The number of carboxylic acids is 1. The summed E-state index contributed by atoms with van der Waals surface area (Å²) in [6.45, 7) is 0. The predicted octanol–water partition coefficient (Wildman–Crippen LogP) is 2.46. The fourth-order valence-electron chi connectivity index (χ4n) is 2.35. The number of aromatic carboxylic acids is 1. The molecule has 1 fully saturated rings. The second kappa shape index (κ2) is 6.27. The lowest BCUT2D eigenvalue weighted by Crippen LogP contribution is -2.36. The largest absolute Gasteiger partial charge is 0.495 e. The second-order valence-corrected chi connectivity index (χ2v) is 4.80. The van der Waals surface area contributed by atoms with Gasteiger partial charge in [-0.1, -0.05) is 12.8 Å². The first-order chi connectivity index (χ1) is 9.60. The number of nitrogens with one attached hydrogen (secondary N) is 2. The summed E-state index contributed by atoms with van der Waals surface area (Å²) in [4.78, 5) is 22.8. The molecule has 6 heteroatoms. The third-order valence-corrected chi connectivity index (χ3v) is 3.39. The Morgan fingerprint density at radius 1 is 1.30 bits per heavy atom. The average Bonchev–Trinajstić information content (AvgIpc) is 2.91. The van der Waals surface area contributed by atoms with E-state index in [4.69, 9.17) is 9.84 Å². The van der Waals surface area contributed by atoms with Crippen LogP contribution in [0.1, 0.15) is 36.0 Å². The summed E-state index contributed by atoms with van der Waals surface area (Å²) in [6.07, 6.45) is 4.23. The molecule has 1 aromatic carbocycles. The predicted molar refractivity (Wildman–Crippen MR) is 74.4 cm³/mol. The van der Waals surface area contributed by atoms with Crippen LogP contribution in [0.15, 0.2) is 18.2 Å². The SMILES string of the molecule is COc1ccc(C(=O)O)cc1NC(=O)NC1CCCC1. The molecule has 6 nitrogen and oxygen atoms in total. The van der Waals surface area contributed by atoms with Gasteiger partial charge < -0.3 is 20.5 Å². The lowest BCUT2D eigenvalue weighted by Gasteiger charge is -2.15. The molecule has 3 N–H and O–H groups in total. The highest BCUT2D eigenvalue weighted by Gasteiger charge is 2.18. The van der Waals surface area contributed by atoms with Crippen LogP contribution in [-0.4, -0.2) is 30.3 Å². The number of hydrogen-bond donors (Lipinski definition) is 3. The number of ether oxygens (including phenoxy) is 1. The van der Waals surface area contributed by atoms with Gasteiger partial charge in [0.25, 0.3) is 0 Å². The van der Waals surface area contributed by atoms with Crippen molar-refractivity contribution in [1.29, 1.82) is 0 Å². The summed E-state index contributed by atoms with van der Waals surface area (Å²) in [5.74, 6) is -0.622. The number of amides is 2. The van der Waals surface area contributed by atoms with E-state index >= 15 is 0 Å². The molecule has 1 aliphatic rings. The smallest absolute Gasteiger partial charge is 0.335 e. The molecule has 0 aliphatic heterocycles. The van der Waals surface area contributed by atoms with Crippen LogP contribution in [-0.2, 0) is 0 Å². The number of methoxy groups -OCH3 is 1. The van der Waals surface area contributed by atoms with E-state index in [1.807, 2.05) is 0 Å². The number of hydrogen-bond acceptors (Lipinski definition) is 3. The number of rotatable bonds is 4. The van der Waals surface area contributed by atoms with Crippen LogP contribution in [0.4, 0.5) is 10.5 Å². The van der Waals surface area contributed by atoms with Crippen molar-refractivity contribution < 1.29 is 19.4 Å². The molecule has 0 heterocycles. The standard InChI is InChI=1S/C14H18N2O4/c1-20-12-7-6-9(13(17)18)8-11(12)16-14(19)15-10-4-2-3-5-10/h6-8,10H,2-5H2,1H3,(H,17,18)(H2,15,16,19). The molecule has 20 heavy (non-hydrogen) atoms. The third kappa shape index (κ3) is 3.40.